The molecule has 0 saturated carbocycles. The van der Waals surface area contributed by atoms with Crippen LogP contribution < -0.4 is 0 Å². The summed E-state index contributed by atoms with van der Waals surface area (Å²) in [4.78, 5) is 52.6. The molecule has 2 aliphatic rings. The first-order valence-corrected chi connectivity index (χ1v) is 10.9. The molecule has 4 rings (SSSR count). The summed E-state index contributed by atoms with van der Waals surface area (Å²) in [5, 5.41) is 3.94. The molecule has 1 aliphatic heterocycles. The standard InChI is InChI=1S/C21H16Cl2N2O4S/c22-15-8-7-12(10-16(15)23)19(27)24(11-17(26)18-6-3-9-30-18)25-20(28)13-4-1-2-5-14(13)21(25)29/h1-3,6-10,13-14H,4-5,11H2/t13-,14+. The minimum atomic E-state index is -0.674. The summed E-state index contributed by atoms with van der Waals surface area (Å²) in [7, 11) is 0. The first-order chi connectivity index (χ1) is 14.4. The first-order valence-electron chi connectivity index (χ1n) is 9.25. The topological polar surface area (TPSA) is 74.8 Å². The Labute approximate surface area is 186 Å². The Morgan fingerprint density at radius 3 is 2.27 bits per heavy atom. The number of amides is 3. The van der Waals surface area contributed by atoms with Gasteiger partial charge in [0.05, 0.1) is 26.8 Å². The van der Waals surface area contributed by atoms with Gasteiger partial charge in [0.25, 0.3) is 17.7 Å². The number of fused-ring (bicyclic) bond motifs is 1. The highest BCUT2D eigenvalue weighted by atomic mass is 35.5. The molecule has 0 radical (unpaired) electrons. The fourth-order valence-corrected chi connectivity index (χ4v) is 4.64. The van der Waals surface area contributed by atoms with Crippen LogP contribution in [0.2, 0.25) is 10.0 Å². The van der Waals surface area contributed by atoms with Crippen LogP contribution in [-0.2, 0) is 9.59 Å². The van der Waals surface area contributed by atoms with Crippen LogP contribution in [0.3, 0.4) is 0 Å². The van der Waals surface area contributed by atoms with Crippen molar-refractivity contribution in [1.29, 1.82) is 0 Å². The molecule has 1 fully saturated rings. The number of hydrogen-bond donors (Lipinski definition) is 0. The number of carbonyl (C=O) groups excluding carboxylic acids is 4. The number of benzene rings is 1. The van der Waals surface area contributed by atoms with E-state index in [4.69, 9.17) is 23.2 Å². The molecular formula is C21H16Cl2N2O4S. The van der Waals surface area contributed by atoms with Gasteiger partial charge in [-0.15, -0.1) is 11.3 Å². The van der Waals surface area contributed by atoms with Crippen LogP contribution in [0, 0.1) is 11.8 Å². The highest BCUT2D eigenvalue weighted by molar-refractivity contribution is 7.12. The lowest BCUT2D eigenvalue weighted by molar-refractivity contribution is -0.154. The predicted octanol–water partition coefficient (Wildman–Crippen LogP) is 4.25. The molecule has 6 nitrogen and oxygen atoms in total. The largest absolute Gasteiger partial charge is 0.291 e. The lowest BCUT2D eigenvalue weighted by atomic mass is 9.85. The SMILES string of the molecule is O=C(CN(C(=O)c1ccc(Cl)c(Cl)c1)N1C(=O)[C@H]2CC=CC[C@H]2C1=O)c1cccs1. The number of hydrogen-bond acceptors (Lipinski definition) is 5. The van der Waals surface area contributed by atoms with Gasteiger partial charge in [-0.2, -0.15) is 5.01 Å². The second kappa shape index (κ2) is 8.34. The molecule has 3 amide bonds. The van der Waals surface area contributed by atoms with E-state index in [1.54, 1.807) is 17.5 Å². The number of ketones is 1. The maximum atomic E-state index is 13.3. The highest BCUT2D eigenvalue weighted by Gasteiger charge is 2.51. The van der Waals surface area contributed by atoms with Gasteiger partial charge in [0.1, 0.15) is 6.54 Å². The van der Waals surface area contributed by atoms with Crippen LogP contribution in [0.5, 0.6) is 0 Å². The minimum absolute atomic E-state index is 0.122. The average molecular weight is 463 g/mol. The van der Waals surface area contributed by atoms with E-state index in [9.17, 15) is 19.2 Å². The zero-order valence-corrected chi connectivity index (χ0v) is 17.9. The van der Waals surface area contributed by atoms with E-state index in [0.717, 1.165) is 10.0 Å². The number of hydrazine groups is 1. The van der Waals surface area contributed by atoms with E-state index in [0.29, 0.717) is 17.7 Å². The maximum Gasteiger partial charge on any atom is 0.273 e. The molecule has 1 aromatic carbocycles. The molecule has 2 aromatic rings. The molecule has 30 heavy (non-hydrogen) atoms. The number of halogens is 2. The Bertz CT molecular complexity index is 1040. The number of imide groups is 1. The number of Topliss-reactive ketones (excluding diaryl/α,β-unsaturated/α-hetero) is 1. The van der Waals surface area contributed by atoms with Crippen LogP contribution >= 0.6 is 34.5 Å². The lowest BCUT2D eigenvalue weighted by Gasteiger charge is -2.30. The number of allylic oxidation sites excluding steroid dienone is 2. The smallest absolute Gasteiger partial charge is 0.273 e. The van der Waals surface area contributed by atoms with Crippen LogP contribution in [0.25, 0.3) is 0 Å². The Morgan fingerprint density at radius 1 is 1.03 bits per heavy atom. The van der Waals surface area contributed by atoms with Gasteiger partial charge >= 0.3 is 0 Å². The molecule has 1 aromatic heterocycles. The number of rotatable bonds is 5. The zero-order chi connectivity index (χ0) is 21.4. The van der Waals surface area contributed by atoms with Crippen molar-refractivity contribution < 1.29 is 19.2 Å². The highest BCUT2D eigenvalue weighted by Crippen LogP contribution is 2.36. The third kappa shape index (κ3) is 3.69. The molecule has 1 saturated heterocycles. The summed E-state index contributed by atoms with van der Waals surface area (Å²) in [5.74, 6) is -3.03. The van der Waals surface area contributed by atoms with Gasteiger partial charge in [0.2, 0.25) is 0 Å². The van der Waals surface area contributed by atoms with Crippen LogP contribution in [0.4, 0.5) is 0 Å². The van der Waals surface area contributed by atoms with Gasteiger partial charge < -0.3 is 0 Å². The van der Waals surface area contributed by atoms with Crippen molar-refractivity contribution in [1.82, 2.24) is 10.0 Å². The van der Waals surface area contributed by atoms with Crippen molar-refractivity contribution >= 4 is 58.0 Å². The van der Waals surface area contributed by atoms with Gasteiger partial charge in [0, 0.05) is 5.56 Å². The van der Waals surface area contributed by atoms with Gasteiger partial charge in [-0.3, -0.25) is 19.2 Å². The molecule has 0 unspecified atom stereocenters. The van der Waals surface area contributed by atoms with E-state index in [2.05, 4.69) is 0 Å². The molecule has 9 heteroatoms. The van der Waals surface area contributed by atoms with Crippen molar-refractivity contribution in [2.75, 3.05) is 6.54 Å². The molecule has 2 heterocycles. The van der Waals surface area contributed by atoms with Crippen molar-refractivity contribution in [2.24, 2.45) is 11.8 Å². The monoisotopic (exact) mass is 462 g/mol. The van der Waals surface area contributed by atoms with Crippen LogP contribution in [-0.4, -0.2) is 40.1 Å². The summed E-state index contributed by atoms with van der Waals surface area (Å²) in [6, 6.07) is 7.60. The van der Waals surface area contributed by atoms with Gasteiger partial charge in [-0.1, -0.05) is 41.4 Å². The quantitative estimate of drug-likeness (QED) is 0.378. The second-order valence-corrected chi connectivity index (χ2v) is 8.80. The number of nitrogens with zero attached hydrogens (tertiary/aromatic N) is 2. The molecule has 0 bridgehead atoms. The summed E-state index contributed by atoms with van der Waals surface area (Å²) in [5.41, 5.74) is 0.122. The molecular weight excluding hydrogens is 447 g/mol. The Hall–Kier alpha value is -2.48. The number of carbonyl (C=O) groups is 4. The normalized spacial score (nSPS) is 20.4. The van der Waals surface area contributed by atoms with Gasteiger partial charge in [-0.05, 0) is 42.5 Å². The first kappa shape index (κ1) is 20.8. The third-order valence-electron chi connectivity index (χ3n) is 5.22. The fraction of sp³-hybridized carbons (Fsp3) is 0.238. The van der Waals surface area contributed by atoms with Gasteiger partial charge in [0.15, 0.2) is 5.78 Å². The van der Waals surface area contributed by atoms with Gasteiger partial charge in [-0.25, -0.2) is 5.01 Å². The predicted molar refractivity (Wildman–Crippen MR) is 113 cm³/mol. The molecule has 1 aliphatic carbocycles. The summed E-state index contributed by atoms with van der Waals surface area (Å²) < 4.78 is 0. The third-order valence-corrected chi connectivity index (χ3v) is 6.87. The summed E-state index contributed by atoms with van der Waals surface area (Å²) >= 11 is 13.2. The molecule has 2 atom stereocenters. The summed E-state index contributed by atoms with van der Waals surface area (Å²) in [6.07, 6.45) is 4.58. The maximum absolute atomic E-state index is 13.3. The van der Waals surface area contributed by atoms with E-state index >= 15 is 0 Å². The Balaban J connectivity index is 1.70. The molecule has 0 N–H and O–H groups in total. The van der Waals surface area contributed by atoms with Crippen molar-refractivity contribution in [3.63, 3.8) is 0 Å². The Morgan fingerprint density at radius 2 is 1.70 bits per heavy atom. The van der Waals surface area contributed by atoms with E-state index in [-0.39, 0.29) is 21.4 Å². The van der Waals surface area contributed by atoms with E-state index in [1.165, 1.54) is 29.5 Å². The van der Waals surface area contributed by atoms with Crippen LogP contribution in [0.1, 0.15) is 32.9 Å². The summed E-state index contributed by atoms with van der Waals surface area (Å²) in [6.45, 7) is -0.441. The molecule has 0 spiro atoms. The van der Waals surface area contributed by atoms with E-state index in [1.807, 2.05) is 12.2 Å². The lowest BCUT2D eigenvalue weighted by Crippen LogP contribution is -2.52. The van der Waals surface area contributed by atoms with Crippen molar-refractivity contribution in [3.8, 4) is 0 Å². The zero-order valence-electron chi connectivity index (χ0n) is 15.6. The van der Waals surface area contributed by atoms with Crippen molar-refractivity contribution in [3.05, 3.63) is 68.3 Å². The minimum Gasteiger partial charge on any atom is -0.291 e. The van der Waals surface area contributed by atoms with E-state index < -0.39 is 36.1 Å². The fourth-order valence-electron chi connectivity index (χ4n) is 3.68. The average Bonchev–Trinajstić information content (AvgIpc) is 3.36. The second-order valence-electron chi connectivity index (χ2n) is 7.04. The molecule has 154 valence electrons. The van der Waals surface area contributed by atoms with Crippen molar-refractivity contribution in [2.45, 2.75) is 12.8 Å². The Kier molecular flexibility index (Phi) is 5.77. The number of thiophene rings is 1. The van der Waals surface area contributed by atoms with Crippen LogP contribution in [0.15, 0.2) is 47.9 Å².